The largest absolute Gasteiger partial charge is 0.332 e. The van der Waals surface area contributed by atoms with Crippen molar-refractivity contribution < 1.29 is 17.6 Å². The molecule has 0 unspecified atom stereocenters. The summed E-state index contributed by atoms with van der Waals surface area (Å²) in [6.07, 6.45) is 1.40. The van der Waals surface area contributed by atoms with E-state index in [1.807, 2.05) is 31.2 Å². The number of hydrogen-bond acceptors (Lipinski definition) is 2. The summed E-state index contributed by atoms with van der Waals surface area (Å²) in [7, 11) is 0. The van der Waals surface area contributed by atoms with Gasteiger partial charge >= 0.3 is 0 Å². The standard InChI is InChI=1S/C18H14F4N4S/c1-10-4-2-3-5-14(10)23-18(27)24-15-6-7-26(25-15)9-11-16(21)12(19)8-13(20)17(11)22/h2-8H,9H2,1H3,(H2,23,24,25,27). The van der Waals surface area contributed by atoms with Crippen molar-refractivity contribution in [1.29, 1.82) is 0 Å². The fourth-order valence-electron chi connectivity index (χ4n) is 2.42. The van der Waals surface area contributed by atoms with Crippen molar-refractivity contribution in [1.82, 2.24) is 9.78 Å². The fourth-order valence-corrected chi connectivity index (χ4v) is 2.64. The molecule has 0 amide bonds. The second-order valence-electron chi connectivity index (χ2n) is 5.74. The average Bonchev–Trinajstić information content (AvgIpc) is 3.06. The molecule has 3 rings (SSSR count). The van der Waals surface area contributed by atoms with Gasteiger partial charge in [0.1, 0.15) is 0 Å². The number of aryl methyl sites for hydroxylation is 1. The zero-order valence-corrected chi connectivity index (χ0v) is 14.9. The topological polar surface area (TPSA) is 41.9 Å². The number of hydrogen-bond donors (Lipinski definition) is 2. The Morgan fingerprint density at radius 1 is 1.04 bits per heavy atom. The lowest BCUT2D eigenvalue weighted by atomic mass is 10.2. The van der Waals surface area contributed by atoms with Crippen LogP contribution in [0.2, 0.25) is 0 Å². The number of nitrogens with zero attached hydrogens (tertiary/aromatic N) is 2. The molecule has 0 fully saturated rings. The number of thiocarbonyl (C=S) groups is 1. The van der Waals surface area contributed by atoms with Gasteiger partial charge in [-0.15, -0.1) is 0 Å². The summed E-state index contributed by atoms with van der Waals surface area (Å²) < 4.78 is 55.2. The first-order valence-corrected chi connectivity index (χ1v) is 8.25. The minimum Gasteiger partial charge on any atom is -0.332 e. The molecule has 1 heterocycles. The van der Waals surface area contributed by atoms with Gasteiger partial charge in [-0.2, -0.15) is 5.10 Å². The number of aromatic nitrogens is 2. The van der Waals surface area contributed by atoms with Crippen LogP contribution < -0.4 is 10.6 Å². The molecule has 0 aliphatic carbocycles. The molecule has 3 aromatic rings. The Morgan fingerprint density at radius 2 is 1.70 bits per heavy atom. The van der Waals surface area contributed by atoms with Gasteiger partial charge in [-0.25, -0.2) is 17.6 Å². The molecule has 0 radical (unpaired) electrons. The maximum Gasteiger partial charge on any atom is 0.176 e. The summed E-state index contributed by atoms with van der Waals surface area (Å²) in [6, 6.07) is 9.20. The third kappa shape index (κ3) is 4.25. The highest BCUT2D eigenvalue weighted by Gasteiger charge is 2.19. The van der Waals surface area contributed by atoms with Gasteiger partial charge in [-0.05, 0) is 30.8 Å². The molecule has 9 heteroatoms. The first-order chi connectivity index (χ1) is 12.8. The molecule has 0 atom stereocenters. The smallest absolute Gasteiger partial charge is 0.176 e. The molecule has 2 N–H and O–H groups in total. The Kier molecular flexibility index (Phi) is 5.41. The molecule has 0 aliphatic rings. The van der Waals surface area contributed by atoms with E-state index in [4.69, 9.17) is 12.2 Å². The summed E-state index contributed by atoms with van der Waals surface area (Å²) in [6.45, 7) is 1.44. The van der Waals surface area contributed by atoms with E-state index in [1.165, 1.54) is 12.3 Å². The van der Waals surface area contributed by atoms with Crippen molar-refractivity contribution in [2.75, 3.05) is 10.6 Å². The van der Waals surface area contributed by atoms with E-state index in [0.717, 1.165) is 15.9 Å². The van der Waals surface area contributed by atoms with E-state index in [9.17, 15) is 17.6 Å². The lowest BCUT2D eigenvalue weighted by Crippen LogP contribution is -2.20. The molecule has 27 heavy (non-hydrogen) atoms. The zero-order chi connectivity index (χ0) is 19.6. The van der Waals surface area contributed by atoms with Gasteiger partial charge in [0.05, 0.1) is 12.1 Å². The van der Waals surface area contributed by atoms with Gasteiger partial charge in [0, 0.05) is 24.0 Å². The molecule has 4 nitrogen and oxygen atoms in total. The zero-order valence-electron chi connectivity index (χ0n) is 14.1. The lowest BCUT2D eigenvalue weighted by molar-refractivity contribution is 0.431. The van der Waals surface area contributed by atoms with Crippen LogP contribution in [0.5, 0.6) is 0 Å². The van der Waals surface area contributed by atoms with E-state index in [1.54, 1.807) is 0 Å². The van der Waals surface area contributed by atoms with Gasteiger partial charge in [-0.3, -0.25) is 4.68 Å². The Morgan fingerprint density at radius 3 is 2.37 bits per heavy atom. The third-order valence-electron chi connectivity index (χ3n) is 3.80. The highest BCUT2D eigenvalue weighted by atomic mass is 32.1. The molecule has 0 spiro atoms. The minimum atomic E-state index is -1.46. The molecule has 1 aromatic heterocycles. The Bertz CT molecular complexity index is 977. The van der Waals surface area contributed by atoms with Crippen molar-refractivity contribution >= 4 is 28.8 Å². The number of para-hydroxylation sites is 1. The number of rotatable bonds is 4. The van der Waals surface area contributed by atoms with Crippen molar-refractivity contribution in [2.45, 2.75) is 13.5 Å². The van der Waals surface area contributed by atoms with E-state index in [0.29, 0.717) is 5.82 Å². The van der Waals surface area contributed by atoms with Gasteiger partial charge in [0.2, 0.25) is 0 Å². The van der Waals surface area contributed by atoms with Crippen molar-refractivity contribution in [3.63, 3.8) is 0 Å². The second kappa shape index (κ2) is 7.75. The summed E-state index contributed by atoms with van der Waals surface area (Å²) >= 11 is 5.20. The SMILES string of the molecule is Cc1ccccc1NC(=S)Nc1ccn(Cc2c(F)c(F)cc(F)c2F)n1. The minimum absolute atomic E-state index is 0.167. The molecular weight excluding hydrogens is 380 g/mol. The maximum absolute atomic E-state index is 13.8. The van der Waals surface area contributed by atoms with Crippen LogP contribution in [0.15, 0.2) is 42.6 Å². The van der Waals surface area contributed by atoms with Gasteiger partial charge in [-0.1, -0.05) is 18.2 Å². The van der Waals surface area contributed by atoms with Crippen LogP contribution in [0.25, 0.3) is 0 Å². The van der Waals surface area contributed by atoms with Gasteiger partial charge in [0.15, 0.2) is 34.2 Å². The first-order valence-electron chi connectivity index (χ1n) is 7.84. The Hall–Kier alpha value is -2.94. The van der Waals surface area contributed by atoms with Crippen LogP contribution >= 0.6 is 12.2 Å². The van der Waals surface area contributed by atoms with E-state index >= 15 is 0 Å². The van der Waals surface area contributed by atoms with Gasteiger partial charge in [0.25, 0.3) is 0 Å². The summed E-state index contributed by atoms with van der Waals surface area (Å²) in [5.41, 5.74) is 1.06. The van der Waals surface area contributed by atoms with Crippen molar-refractivity contribution in [2.24, 2.45) is 0 Å². The first kappa shape index (κ1) is 18.8. The van der Waals surface area contributed by atoms with Crippen LogP contribution in [-0.4, -0.2) is 14.9 Å². The summed E-state index contributed by atoms with van der Waals surface area (Å²) in [4.78, 5) is 0. The maximum atomic E-state index is 13.8. The molecule has 2 aromatic carbocycles. The second-order valence-corrected chi connectivity index (χ2v) is 6.15. The molecular formula is C18H14F4N4S. The van der Waals surface area contributed by atoms with E-state index < -0.39 is 35.4 Å². The van der Waals surface area contributed by atoms with Crippen molar-refractivity contribution in [3.05, 3.63) is 77.0 Å². The van der Waals surface area contributed by atoms with E-state index in [-0.39, 0.29) is 11.2 Å². The number of anilines is 2. The Balaban J connectivity index is 1.71. The molecule has 0 saturated heterocycles. The molecule has 140 valence electrons. The monoisotopic (exact) mass is 394 g/mol. The van der Waals surface area contributed by atoms with Gasteiger partial charge < -0.3 is 10.6 Å². The molecule has 0 aliphatic heterocycles. The summed E-state index contributed by atoms with van der Waals surface area (Å²) in [5, 5.41) is 10.1. The van der Waals surface area contributed by atoms with Crippen LogP contribution in [0.1, 0.15) is 11.1 Å². The van der Waals surface area contributed by atoms with Crippen molar-refractivity contribution in [3.8, 4) is 0 Å². The quantitative estimate of drug-likeness (QED) is 0.385. The highest BCUT2D eigenvalue weighted by molar-refractivity contribution is 7.80. The van der Waals surface area contributed by atoms with Crippen LogP contribution in [-0.2, 0) is 6.54 Å². The highest BCUT2D eigenvalue weighted by Crippen LogP contribution is 2.20. The third-order valence-corrected chi connectivity index (χ3v) is 4.00. The Labute approximate surface area is 157 Å². The number of benzene rings is 2. The average molecular weight is 394 g/mol. The molecule has 0 bridgehead atoms. The predicted molar refractivity (Wildman–Crippen MR) is 98.6 cm³/mol. The normalized spacial score (nSPS) is 10.7. The van der Waals surface area contributed by atoms with E-state index in [2.05, 4.69) is 15.7 Å². The van der Waals surface area contributed by atoms with Crippen LogP contribution in [0, 0.1) is 30.2 Å². The predicted octanol–water partition coefficient (Wildman–Crippen LogP) is 4.61. The van der Waals surface area contributed by atoms with Crippen LogP contribution in [0.3, 0.4) is 0 Å². The number of halogens is 4. The lowest BCUT2D eigenvalue weighted by Gasteiger charge is -2.11. The fraction of sp³-hybridized carbons (Fsp3) is 0.111. The number of nitrogens with one attached hydrogen (secondary N) is 2. The molecule has 0 saturated carbocycles. The van der Waals surface area contributed by atoms with Crippen LogP contribution in [0.4, 0.5) is 29.1 Å². The summed E-state index contributed by atoms with van der Waals surface area (Å²) in [5.74, 6) is -5.51.